The van der Waals surface area contributed by atoms with Crippen LogP contribution in [0.25, 0.3) is 0 Å². The number of hydrogen-bond donors (Lipinski definition) is 0. The van der Waals surface area contributed by atoms with E-state index in [1.807, 2.05) is 30.3 Å². The number of ether oxygens (including phenoxy) is 1. The minimum atomic E-state index is -0.189. The van der Waals surface area contributed by atoms with Crippen molar-refractivity contribution in [2.75, 3.05) is 24.6 Å². The molecule has 0 fully saturated rings. The van der Waals surface area contributed by atoms with Gasteiger partial charge >= 0.3 is 0 Å². The Kier molecular flexibility index (Phi) is 6.62. The molecular weight excluding hydrogens is 440 g/mol. The van der Waals surface area contributed by atoms with Crippen LogP contribution in [-0.2, 0) is 13.0 Å². The minimum Gasteiger partial charge on any atom is -0.494 e. The highest BCUT2D eigenvalue weighted by Gasteiger charge is 2.34. The molecule has 6 heteroatoms. The molecule has 0 bridgehead atoms. The fourth-order valence-corrected chi connectivity index (χ4v) is 4.82. The van der Waals surface area contributed by atoms with Crippen LogP contribution in [0.2, 0.25) is 0 Å². The molecule has 35 heavy (non-hydrogen) atoms. The van der Waals surface area contributed by atoms with E-state index in [0.29, 0.717) is 29.8 Å². The first kappa shape index (κ1) is 22.8. The average molecular weight is 469 g/mol. The monoisotopic (exact) mass is 468 g/mol. The minimum absolute atomic E-state index is 0.189. The van der Waals surface area contributed by atoms with Crippen molar-refractivity contribution in [2.24, 2.45) is 0 Å². The summed E-state index contributed by atoms with van der Waals surface area (Å²) >= 11 is 0. The van der Waals surface area contributed by atoms with Gasteiger partial charge in [-0.3, -0.25) is 19.3 Å². The van der Waals surface area contributed by atoms with Gasteiger partial charge in [0, 0.05) is 30.9 Å². The number of carbonyl (C=O) groups excluding carboxylic acids is 3. The van der Waals surface area contributed by atoms with Gasteiger partial charge < -0.3 is 9.64 Å². The SMILES string of the molecule is O=Cc1cccc(N2CCc3cc(OCCCCCN4C(=O)c5ccccc5C4=O)ccc3C2)c1. The molecule has 0 unspecified atom stereocenters. The second-order valence-electron chi connectivity index (χ2n) is 9.03. The molecule has 0 aromatic heterocycles. The predicted molar refractivity (Wildman–Crippen MR) is 134 cm³/mol. The number of imide groups is 1. The van der Waals surface area contributed by atoms with Gasteiger partial charge in [-0.25, -0.2) is 0 Å². The summed E-state index contributed by atoms with van der Waals surface area (Å²) in [4.78, 5) is 39.6. The molecule has 6 nitrogen and oxygen atoms in total. The van der Waals surface area contributed by atoms with Crippen LogP contribution in [0.4, 0.5) is 5.69 Å². The first-order valence-electron chi connectivity index (χ1n) is 12.1. The van der Waals surface area contributed by atoms with Crippen molar-refractivity contribution in [1.29, 1.82) is 0 Å². The Balaban J connectivity index is 1.07. The third-order valence-electron chi connectivity index (χ3n) is 6.73. The molecule has 3 aromatic rings. The number of benzene rings is 3. The molecular formula is C29H28N2O4. The first-order chi connectivity index (χ1) is 17.1. The molecule has 0 N–H and O–H groups in total. The molecule has 0 saturated heterocycles. The van der Waals surface area contributed by atoms with E-state index in [0.717, 1.165) is 56.5 Å². The lowest BCUT2D eigenvalue weighted by Crippen LogP contribution is -2.30. The van der Waals surface area contributed by atoms with Crippen LogP contribution in [0.15, 0.2) is 66.7 Å². The average Bonchev–Trinajstić information content (AvgIpc) is 3.15. The van der Waals surface area contributed by atoms with E-state index in [2.05, 4.69) is 17.0 Å². The molecule has 2 amide bonds. The van der Waals surface area contributed by atoms with Gasteiger partial charge in [-0.2, -0.15) is 0 Å². The summed E-state index contributed by atoms with van der Waals surface area (Å²) in [7, 11) is 0. The lowest BCUT2D eigenvalue weighted by atomic mass is 9.98. The number of unbranched alkanes of at least 4 members (excludes halogenated alkanes) is 2. The number of rotatable bonds is 9. The predicted octanol–water partition coefficient (Wildman–Crippen LogP) is 4.91. The standard InChI is InChI=1S/C29H28N2O4/c32-20-21-7-6-8-24(17-21)30-15-13-22-18-25(12-11-23(22)19-30)35-16-5-1-4-14-31-28(33)26-9-2-3-10-27(26)29(31)34/h2-3,6-12,17-18,20H,1,4-5,13-16,19H2. The van der Waals surface area contributed by atoms with Crippen molar-refractivity contribution >= 4 is 23.8 Å². The number of hydrogen-bond acceptors (Lipinski definition) is 5. The molecule has 5 rings (SSSR count). The summed E-state index contributed by atoms with van der Waals surface area (Å²) in [5.41, 5.74) is 5.36. The van der Waals surface area contributed by atoms with Crippen molar-refractivity contribution in [3.8, 4) is 5.75 Å². The summed E-state index contributed by atoms with van der Waals surface area (Å²) in [6.07, 6.45) is 4.32. The van der Waals surface area contributed by atoms with E-state index < -0.39 is 0 Å². The van der Waals surface area contributed by atoms with E-state index in [1.54, 1.807) is 24.3 Å². The summed E-state index contributed by atoms with van der Waals surface area (Å²) in [5, 5.41) is 0. The summed E-state index contributed by atoms with van der Waals surface area (Å²) in [6.45, 7) is 2.76. The van der Waals surface area contributed by atoms with Gasteiger partial charge in [0.1, 0.15) is 12.0 Å². The van der Waals surface area contributed by atoms with Gasteiger partial charge in [-0.15, -0.1) is 0 Å². The molecule has 0 atom stereocenters. The van der Waals surface area contributed by atoms with Gasteiger partial charge in [0.05, 0.1) is 17.7 Å². The Labute approximate surface area is 205 Å². The van der Waals surface area contributed by atoms with Crippen molar-refractivity contribution in [3.05, 3.63) is 94.5 Å². The van der Waals surface area contributed by atoms with Crippen molar-refractivity contribution in [3.63, 3.8) is 0 Å². The lowest BCUT2D eigenvalue weighted by molar-refractivity contribution is 0.0651. The number of fused-ring (bicyclic) bond motifs is 2. The molecule has 3 aromatic carbocycles. The van der Waals surface area contributed by atoms with Crippen LogP contribution in [0.3, 0.4) is 0 Å². The van der Waals surface area contributed by atoms with Gasteiger partial charge in [-0.1, -0.05) is 30.3 Å². The molecule has 2 aliphatic heterocycles. The zero-order valence-corrected chi connectivity index (χ0v) is 19.6. The third-order valence-corrected chi connectivity index (χ3v) is 6.73. The molecule has 0 aliphatic carbocycles. The maximum atomic E-state index is 12.4. The van der Waals surface area contributed by atoms with Gasteiger partial charge in [0.15, 0.2) is 0 Å². The van der Waals surface area contributed by atoms with Crippen LogP contribution < -0.4 is 9.64 Å². The summed E-state index contributed by atoms with van der Waals surface area (Å²) in [6, 6.07) is 21.0. The normalized spacial score (nSPS) is 14.6. The first-order valence-corrected chi connectivity index (χ1v) is 12.1. The van der Waals surface area contributed by atoms with E-state index in [9.17, 15) is 14.4 Å². The second kappa shape index (κ2) is 10.1. The second-order valence-corrected chi connectivity index (χ2v) is 9.03. The Morgan fingerprint density at radius 1 is 0.829 bits per heavy atom. The maximum absolute atomic E-state index is 12.4. The fourth-order valence-electron chi connectivity index (χ4n) is 4.82. The maximum Gasteiger partial charge on any atom is 0.261 e. The quantitative estimate of drug-likeness (QED) is 0.254. The van der Waals surface area contributed by atoms with Crippen molar-refractivity contribution in [2.45, 2.75) is 32.2 Å². The number of carbonyl (C=O) groups is 3. The number of amides is 2. The van der Waals surface area contributed by atoms with Crippen molar-refractivity contribution < 1.29 is 19.1 Å². The third kappa shape index (κ3) is 4.83. The molecule has 178 valence electrons. The number of nitrogens with zero attached hydrogens (tertiary/aromatic N) is 2. The van der Waals surface area contributed by atoms with Crippen LogP contribution in [0, 0.1) is 0 Å². The molecule has 2 heterocycles. The Morgan fingerprint density at radius 2 is 1.63 bits per heavy atom. The fraction of sp³-hybridized carbons (Fsp3) is 0.276. The molecule has 0 spiro atoms. The smallest absolute Gasteiger partial charge is 0.261 e. The van der Waals surface area contributed by atoms with Gasteiger partial charge in [0.25, 0.3) is 11.8 Å². The molecule has 2 aliphatic rings. The highest BCUT2D eigenvalue weighted by atomic mass is 16.5. The van der Waals surface area contributed by atoms with Crippen LogP contribution in [0.1, 0.15) is 61.5 Å². The van der Waals surface area contributed by atoms with E-state index in [4.69, 9.17) is 4.74 Å². The highest BCUT2D eigenvalue weighted by molar-refractivity contribution is 6.21. The van der Waals surface area contributed by atoms with Crippen LogP contribution in [-0.4, -0.2) is 42.7 Å². The van der Waals surface area contributed by atoms with Crippen LogP contribution in [0.5, 0.6) is 5.75 Å². The summed E-state index contributed by atoms with van der Waals surface area (Å²) < 4.78 is 5.98. The van der Waals surface area contributed by atoms with Gasteiger partial charge in [0.2, 0.25) is 0 Å². The van der Waals surface area contributed by atoms with E-state index >= 15 is 0 Å². The zero-order valence-electron chi connectivity index (χ0n) is 19.6. The van der Waals surface area contributed by atoms with E-state index in [1.165, 1.54) is 16.0 Å². The molecule has 0 saturated carbocycles. The highest BCUT2D eigenvalue weighted by Crippen LogP contribution is 2.28. The van der Waals surface area contributed by atoms with E-state index in [-0.39, 0.29) is 11.8 Å². The lowest BCUT2D eigenvalue weighted by Gasteiger charge is -2.31. The topological polar surface area (TPSA) is 66.9 Å². The number of anilines is 1. The van der Waals surface area contributed by atoms with Gasteiger partial charge in [-0.05, 0) is 73.2 Å². The van der Waals surface area contributed by atoms with Crippen LogP contribution >= 0.6 is 0 Å². The Hall–Kier alpha value is -3.93. The van der Waals surface area contributed by atoms with Crippen molar-refractivity contribution in [1.82, 2.24) is 4.90 Å². The molecule has 0 radical (unpaired) electrons. The summed E-state index contributed by atoms with van der Waals surface area (Å²) in [5.74, 6) is 0.498. The Bertz CT molecular complexity index is 1230. The zero-order chi connectivity index (χ0) is 24.2. The Morgan fingerprint density at radius 3 is 2.40 bits per heavy atom. The largest absolute Gasteiger partial charge is 0.494 e. The number of aldehydes is 1.